The van der Waals surface area contributed by atoms with Gasteiger partial charge >= 0.3 is 0 Å². The fourth-order valence-electron chi connectivity index (χ4n) is 3.49. The first-order chi connectivity index (χ1) is 11.8. The smallest absolute Gasteiger partial charge is 0.134 e. The van der Waals surface area contributed by atoms with E-state index >= 15 is 0 Å². The first-order valence-corrected chi connectivity index (χ1v) is 9.22. The van der Waals surface area contributed by atoms with Crippen molar-refractivity contribution in [2.75, 3.05) is 11.4 Å². The lowest BCUT2D eigenvalue weighted by Gasteiger charge is -2.42. The van der Waals surface area contributed by atoms with Crippen molar-refractivity contribution >= 4 is 39.1 Å². The van der Waals surface area contributed by atoms with Gasteiger partial charge in [0.1, 0.15) is 5.82 Å². The number of nitrogens with zero attached hydrogens (tertiary/aromatic N) is 2. The van der Waals surface area contributed by atoms with Gasteiger partial charge in [0.05, 0.1) is 11.2 Å². The van der Waals surface area contributed by atoms with Gasteiger partial charge in [0.2, 0.25) is 0 Å². The summed E-state index contributed by atoms with van der Waals surface area (Å²) in [6, 6.07) is 11.2. The summed E-state index contributed by atoms with van der Waals surface area (Å²) in [7, 11) is 0. The molecule has 0 saturated heterocycles. The lowest BCUT2D eigenvalue weighted by atomic mass is 9.88. The van der Waals surface area contributed by atoms with Crippen molar-refractivity contribution < 1.29 is 4.39 Å². The number of hydrogen-bond donors (Lipinski definition) is 0. The largest absolute Gasteiger partial charge is 0.363 e. The van der Waals surface area contributed by atoms with Gasteiger partial charge in [-0.3, -0.25) is 4.99 Å². The predicted octanol–water partition coefficient (Wildman–Crippen LogP) is 6.36. The van der Waals surface area contributed by atoms with Gasteiger partial charge in [0.25, 0.3) is 0 Å². The Labute approximate surface area is 157 Å². The van der Waals surface area contributed by atoms with Crippen molar-refractivity contribution in [3.63, 3.8) is 0 Å². The van der Waals surface area contributed by atoms with E-state index in [1.807, 2.05) is 30.3 Å². The number of allylic oxidation sites excluding steroid dienone is 1. The van der Waals surface area contributed by atoms with E-state index in [4.69, 9.17) is 0 Å². The van der Waals surface area contributed by atoms with Gasteiger partial charge in [-0.15, -0.1) is 0 Å². The zero-order valence-corrected chi connectivity index (χ0v) is 16.6. The van der Waals surface area contributed by atoms with Crippen molar-refractivity contribution in [3.05, 3.63) is 63.9 Å². The summed E-state index contributed by atoms with van der Waals surface area (Å²) in [6.07, 6.45) is 3.84. The molecule has 0 aliphatic carbocycles. The highest BCUT2D eigenvalue weighted by molar-refractivity contribution is 9.10. The number of hydrogen-bond acceptors (Lipinski definition) is 2. The molecular weight excluding hydrogens is 379 g/mol. The summed E-state index contributed by atoms with van der Waals surface area (Å²) >= 11 is 3.42. The van der Waals surface area contributed by atoms with Crippen molar-refractivity contribution in [1.82, 2.24) is 0 Å². The van der Waals surface area contributed by atoms with E-state index in [-0.39, 0.29) is 11.4 Å². The Kier molecular flexibility index (Phi) is 4.83. The maximum Gasteiger partial charge on any atom is 0.134 e. The average Bonchev–Trinajstić information content (AvgIpc) is 2.53. The molecule has 0 unspecified atom stereocenters. The van der Waals surface area contributed by atoms with E-state index in [2.05, 4.69) is 59.6 Å². The average molecular weight is 401 g/mol. The number of aliphatic imine (C=N–C) groups is 1. The van der Waals surface area contributed by atoms with E-state index in [1.165, 1.54) is 5.57 Å². The summed E-state index contributed by atoms with van der Waals surface area (Å²) in [5, 5.41) is 0. The van der Waals surface area contributed by atoms with E-state index in [1.54, 1.807) is 12.3 Å². The number of anilines is 1. The van der Waals surface area contributed by atoms with Crippen LogP contribution in [0.25, 0.3) is 5.57 Å². The third-order valence-electron chi connectivity index (χ3n) is 4.57. The zero-order valence-electron chi connectivity index (χ0n) is 15.0. The summed E-state index contributed by atoms with van der Waals surface area (Å²) in [4.78, 5) is 6.64. The number of likely N-dealkylation sites (N-methyl/N-ethyl adjacent to an activating group) is 1. The van der Waals surface area contributed by atoms with Gasteiger partial charge in [0.15, 0.2) is 0 Å². The van der Waals surface area contributed by atoms with E-state index in [0.29, 0.717) is 5.56 Å². The highest BCUT2D eigenvalue weighted by Gasteiger charge is 2.30. The molecule has 0 fully saturated rings. The number of rotatable bonds is 3. The fraction of sp³-hybridized carbons (Fsp3) is 0.286. The molecule has 1 heterocycles. The fourth-order valence-corrected chi connectivity index (χ4v) is 3.88. The van der Waals surface area contributed by atoms with Crippen LogP contribution in [-0.2, 0) is 0 Å². The topological polar surface area (TPSA) is 15.6 Å². The Balaban J connectivity index is 2.03. The minimum Gasteiger partial charge on any atom is -0.363 e. The van der Waals surface area contributed by atoms with Crippen LogP contribution in [0, 0.1) is 5.82 Å². The second-order valence-corrected chi connectivity index (χ2v) is 7.77. The molecule has 0 atom stereocenters. The molecule has 0 aromatic heterocycles. The van der Waals surface area contributed by atoms with Gasteiger partial charge < -0.3 is 4.90 Å². The molecule has 3 rings (SSSR count). The van der Waals surface area contributed by atoms with Gasteiger partial charge in [0, 0.05) is 34.0 Å². The van der Waals surface area contributed by atoms with Crippen LogP contribution in [-0.4, -0.2) is 18.3 Å². The van der Waals surface area contributed by atoms with Crippen LogP contribution in [0.5, 0.6) is 0 Å². The number of benzene rings is 2. The maximum absolute atomic E-state index is 14.7. The standard InChI is InChI=1S/C21H22BrFN2/c1-5-25-20-11-19(23)15(9-18(20)14(2)12-21(25,3)4)13-24-17-8-6-7-16(22)10-17/h6-13H,5H2,1-4H3. The predicted molar refractivity (Wildman–Crippen MR) is 109 cm³/mol. The summed E-state index contributed by atoms with van der Waals surface area (Å²) in [5.74, 6) is -0.249. The molecule has 25 heavy (non-hydrogen) atoms. The van der Waals surface area contributed by atoms with Crippen LogP contribution in [0.15, 0.2) is 51.9 Å². The Hall–Kier alpha value is -1.94. The van der Waals surface area contributed by atoms with Crippen LogP contribution in [0.1, 0.15) is 38.8 Å². The zero-order chi connectivity index (χ0) is 18.2. The van der Waals surface area contributed by atoms with Gasteiger partial charge in [-0.1, -0.05) is 28.1 Å². The molecule has 0 amide bonds. The first-order valence-electron chi connectivity index (χ1n) is 8.42. The second kappa shape index (κ2) is 6.75. The summed E-state index contributed by atoms with van der Waals surface area (Å²) in [5.41, 5.74) is 4.35. The van der Waals surface area contributed by atoms with E-state index in [9.17, 15) is 4.39 Å². The molecule has 0 bridgehead atoms. The third kappa shape index (κ3) is 3.54. The molecule has 1 aliphatic heterocycles. The molecule has 2 nitrogen and oxygen atoms in total. The van der Waals surface area contributed by atoms with Crippen LogP contribution in [0.2, 0.25) is 0 Å². The van der Waals surface area contributed by atoms with Gasteiger partial charge in [-0.25, -0.2) is 4.39 Å². The van der Waals surface area contributed by atoms with Crippen molar-refractivity contribution in [2.24, 2.45) is 4.99 Å². The summed E-state index contributed by atoms with van der Waals surface area (Å²) in [6.45, 7) is 9.32. The lowest BCUT2D eigenvalue weighted by molar-refractivity contribution is 0.561. The van der Waals surface area contributed by atoms with E-state index in [0.717, 1.165) is 28.0 Å². The quantitative estimate of drug-likeness (QED) is 0.547. The van der Waals surface area contributed by atoms with Gasteiger partial charge in [-0.2, -0.15) is 0 Å². The van der Waals surface area contributed by atoms with Crippen LogP contribution >= 0.6 is 15.9 Å². The van der Waals surface area contributed by atoms with Crippen LogP contribution in [0.4, 0.5) is 15.8 Å². The monoisotopic (exact) mass is 400 g/mol. The Bertz CT molecular complexity index is 868. The molecule has 130 valence electrons. The lowest BCUT2D eigenvalue weighted by Crippen LogP contribution is -2.45. The molecule has 0 spiro atoms. The molecule has 0 N–H and O–H groups in total. The Morgan fingerprint density at radius 2 is 2.00 bits per heavy atom. The molecule has 2 aromatic rings. The molecular formula is C21H22BrFN2. The summed E-state index contributed by atoms with van der Waals surface area (Å²) < 4.78 is 15.7. The first kappa shape index (κ1) is 17.9. The van der Waals surface area contributed by atoms with Gasteiger partial charge in [-0.05, 0) is 63.6 Å². The Morgan fingerprint density at radius 1 is 1.24 bits per heavy atom. The minimum atomic E-state index is -0.249. The molecule has 4 heteroatoms. The second-order valence-electron chi connectivity index (χ2n) is 6.85. The molecule has 0 radical (unpaired) electrons. The van der Waals surface area contributed by atoms with Crippen molar-refractivity contribution in [2.45, 2.75) is 33.2 Å². The molecule has 0 saturated carbocycles. The molecule has 2 aromatic carbocycles. The third-order valence-corrected chi connectivity index (χ3v) is 5.07. The number of halogens is 2. The number of fused-ring (bicyclic) bond motifs is 1. The Morgan fingerprint density at radius 3 is 2.68 bits per heavy atom. The normalized spacial score (nSPS) is 16.1. The van der Waals surface area contributed by atoms with Crippen molar-refractivity contribution in [3.8, 4) is 0 Å². The van der Waals surface area contributed by atoms with Crippen LogP contribution in [0.3, 0.4) is 0 Å². The maximum atomic E-state index is 14.7. The highest BCUT2D eigenvalue weighted by Crippen LogP contribution is 2.39. The minimum absolute atomic E-state index is 0.121. The van der Waals surface area contributed by atoms with Crippen LogP contribution < -0.4 is 4.90 Å². The highest BCUT2D eigenvalue weighted by atomic mass is 79.9. The molecule has 1 aliphatic rings. The SMILES string of the molecule is CCN1c2cc(F)c(C=Nc3cccc(Br)c3)cc2C(C)=CC1(C)C. The van der Waals surface area contributed by atoms with E-state index < -0.39 is 0 Å². The van der Waals surface area contributed by atoms with Crippen molar-refractivity contribution in [1.29, 1.82) is 0 Å².